The molecule has 0 saturated heterocycles. The molecule has 1 aliphatic carbocycles. The predicted molar refractivity (Wildman–Crippen MR) is 137 cm³/mol. The molecule has 3 rings (SSSR count). The fraction of sp³-hybridized carbons (Fsp3) is 0.407. The third-order valence-corrected chi connectivity index (χ3v) is 10.9. The summed E-state index contributed by atoms with van der Waals surface area (Å²) >= 11 is -2.43. The van der Waals surface area contributed by atoms with Gasteiger partial charge in [-0.2, -0.15) is 0 Å². The standard InChI is InChI=1S/C21H21.C4H10N.2CH3.H4Si.Ti/c1-2-3-10-19-15-16-20(17-11-6-4-7-12-17)21(19)18-13-8-5-9-14-18;1-4(2,3)5;;;;/h4-9,11-14H,2-3,10,15H2,1H3;5H,1-3H3;2*1H3;1H4;/q;-1;;;;+1. The molecule has 162 valence electrons. The number of hydrogen-bond donors (Lipinski definition) is 1. The Hall–Kier alpha value is -1.19. The first-order valence-electron chi connectivity index (χ1n) is 11.1. The fourth-order valence-electron chi connectivity index (χ4n) is 4.74. The normalized spacial score (nSPS) is 14.9. The van der Waals surface area contributed by atoms with Crippen LogP contribution in [-0.4, -0.2) is 16.5 Å². The van der Waals surface area contributed by atoms with Gasteiger partial charge in [0.2, 0.25) is 0 Å². The molecule has 1 nitrogen and oxygen atoms in total. The summed E-state index contributed by atoms with van der Waals surface area (Å²) in [5.74, 6) is 0. The summed E-state index contributed by atoms with van der Waals surface area (Å²) < 4.78 is 5.79. The van der Waals surface area contributed by atoms with Gasteiger partial charge in [0.05, 0.1) is 0 Å². The Morgan fingerprint density at radius 1 is 0.833 bits per heavy atom. The van der Waals surface area contributed by atoms with Crippen molar-refractivity contribution in [1.82, 2.24) is 3.80 Å². The molecule has 30 heavy (non-hydrogen) atoms. The van der Waals surface area contributed by atoms with Crippen LogP contribution in [0, 0.1) is 0 Å². The van der Waals surface area contributed by atoms with Gasteiger partial charge in [0, 0.05) is 0 Å². The van der Waals surface area contributed by atoms with E-state index in [0.29, 0.717) is 0 Å². The van der Waals surface area contributed by atoms with E-state index >= 15 is 0 Å². The van der Waals surface area contributed by atoms with E-state index in [4.69, 9.17) is 0 Å². The molecule has 0 spiro atoms. The summed E-state index contributed by atoms with van der Waals surface area (Å²) in [5.41, 5.74) is 7.56. The maximum Gasteiger partial charge on any atom is -0.0149 e. The quantitative estimate of drug-likeness (QED) is 0.467. The summed E-state index contributed by atoms with van der Waals surface area (Å²) in [6.45, 7) is 9.22. The minimum absolute atomic E-state index is 0. The van der Waals surface area contributed by atoms with Crippen LogP contribution >= 0.6 is 0 Å². The van der Waals surface area contributed by atoms with Crippen molar-refractivity contribution in [1.29, 1.82) is 0 Å². The summed E-state index contributed by atoms with van der Waals surface area (Å²) in [6, 6.07) is 22.2. The van der Waals surface area contributed by atoms with Crippen molar-refractivity contribution in [2.24, 2.45) is 0 Å². The second kappa shape index (κ2) is 10.4. The molecular weight excluding hydrogens is 414 g/mol. The van der Waals surface area contributed by atoms with Crippen LogP contribution in [0.15, 0.2) is 70.1 Å². The number of allylic oxidation sites excluding steroid dienone is 4. The van der Waals surface area contributed by atoms with Gasteiger partial charge in [0.25, 0.3) is 0 Å². The zero-order valence-electron chi connectivity index (χ0n) is 19.1. The minimum atomic E-state index is -2.43. The molecule has 0 fully saturated rings. The number of rotatable bonds is 7. The first kappa shape index (κ1) is 25.1. The Labute approximate surface area is 192 Å². The van der Waals surface area contributed by atoms with Crippen LogP contribution in [0.2, 0.25) is 10.5 Å². The van der Waals surface area contributed by atoms with E-state index in [-0.39, 0.29) is 16.5 Å². The Bertz CT molecular complexity index is 889. The largest absolute Gasteiger partial charge is 0.0149 e. The van der Waals surface area contributed by atoms with Crippen molar-refractivity contribution >= 4 is 22.1 Å². The number of nitrogens with one attached hydrogen (secondary N) is 1. The van der Waals surface area contributed by atoms with E-state index in [1.807, 2.05) is 0 Å². The van der Waals surface area contributed by atoms with Gasteiger partial charge in [-0.15, -0.1) is 0 Å². The summed E-state index contributed by atoms with van der Waals surface area (Å²) in [7, 11) is 0. The second-order valence-electron chi connectivity index (χ2n) is 9.84. The molecule has 0 radical (unpaired) electrons. The van der Waals surface area contributed by atoms with Gasteiger partial charge in [-0.3, -0.25) is 0 Å². The zero-order chi connectivity index (χ0) is 21.1. The summed E-state index contributed by atoms with van der Waals surface area (Å²) in [4.78, 5) is 0. The number of unbranched alkanes of at least 4 members (excludes halogenated alkanes) is 1. The van der Waals surface area contributed by atoms with E-state index in [2.05, 4.69) is 103 Å². The van der Waals surface area contributed by atoms with E-state index in [9.17, 15) is 0 Å². The topological polar surface area (TPSA) is 12.0 Å². The smallest absolute Gasteiger partial charge is 0.0149 e. The molecule has 1 N–H and O–H groups in total. The van der Waals surface area contributed by atoms with Gasteiger partial charge in [-0.1, -0.05) is 0 Å². The first-order chi connectivity index (χ1) is 13.7. The van der Waals surface area contributed by atoms with Crippen molar-refractivity contribution in [3.8, 4) is 0 Å². The van der Waals surface area contributed by atoms with Crippen LogP contribution in [0.3, 0.4) is 0 Å². The number of hydrogen-bond acceptors (Lipinski definition) is 1. The Morgan fingerprint density at radius 2 is 1.33 bits per heavy atom. The van der Waals surface area contributed by atoms with E-state index in [1.165, 1.54) is 41.5 Å². The van der Waals surface area contributed by atoms with Crippen molar-refractivity contribution < 1.29 is 16.8 Å². The molecular formula is C27H41NSiTi. The average Bonchev–Trinajstić information content (AvgIpc) is 3.06. The zero-order valence-corrected chi connectivity index (χ0v) is 20.7. The van der Waals surface area contributed by atoms with Crippen molar-refractivity contribution in [2.45, 2.75) is 69.4 Å². The molecule has 0 heterocycles. The van der Waals surface area contributed by atoms with Crippen molar-refractivity contribution in [3.05, 3.63) is 81.2 Å². The van der Waals surface area contributed by atoms with Crippen LogP contribution in [0.1, 0.15) is 64.5 Å². The van der Waals surface area contributed by atoms with Crippen LogP contribution in [0.5, 0.6) is 0 Å². The molecule has 0 unspecified atom stereocenters. The molecule has 0 bridgehead atoms. The summed E-state index contributed by atoms with van der Waals surface area (Å²) in [5, 5.41) is 5.07. The third kappa shape index (κ3) is 5.95. The molecule has 0 amide bonds. The average molecular weight is 456 g/mol. The monoisotopic (exact) mass is 455 g/mol. The Kier molecular flexibility index (Phi) is 8.71. The Morgan fingerprint density at radius 3 is 1.80 bits per heavy atom. The predicted octanol–water partition coefficient (Wildman–Crippen LogP) is 6.55. The molecule has 0 aromatic heterocycles. The molecule has 3 heteroatoms. The van der Waals surface area contributed by atoms with Gasteiger partial charge >= 0.3 is 182 Å². The molecule has 2 aromatic carbocycles. The fourth-order valence-corrected chi connectivity index (χ4v) is 10.3. The maximum absolute atomic E-state index is 4.09. The van der Waals surface area contributed by atoms with E-state index in [0.717, 1.165) is 6.42 Å². The maximum atomic E-state index is 4.09. The van der Waals surface area contributed by atoms with Gasteiger partial charge < -0.3 is 0 Å². The second-order valence-corrected chi connectivity index (χ2v) is 16.3. The molecule has 0 atom stereocenters. The van der Waals surface area contributed by atoms with Gasteiger partial charge in [0.15, 0.2) is 0 Å². The van der Waals surface area contributed by atoms with Gasteiger partial charge in [0.1, 0.15) is 0 Å². The van der Waals surface area contributed by atoms with E-state index < -0.39 is 16.8 Å². The van der Waals surface area contributed by atoms with Crippen molar-refractivity contribution in [3.63, 3.8) is 0 Å². The Balaban J connectivity index is 0.00000320. The van der Waals surface area contributed by atoms with Gasteiger partial charge in [-0.05, 0) is 11.0 Å². The number of benzene rings is 2. The van der Waals surface area contributed by atoms with Crippen LogP contribution < -0.4 is 3.80 Å². The van der Waals surface area contributed by atoms with Crippen LogP contribution in [0.25, 0.3) is 11.1 Å². The molecule has 2 aromatic rings. The minimum Gasteiger partial charge on any atom is -0.0149 e. The first-order valence-corrected chi connectivity index (χ1v) is 15.8. The van der Waals surface area contributed by atoms with Gasteiger partial charge in [-0.25, -0.2) is 0 Å². The van der Waals surface area contributed by atoms with Crippen LogP contribution in [-0.2, 0) is 16.8 Å². The van der Waals surface area contributed by atoms with Crippen molar-refractivity contribution in [2.75, 3.05) is 0 Å². The molecule has 0 saturated carbocycles. The summed E-state index contributed by atoms with van der Waals surface area (Å²) in [6.07, 6.45) is 4.85. The molecule has 0 aliphatic heterocycles. The SMILES string of the molecule is CCCCC1=C(c2ccccc2)C(c2ccccc2)=[C]([Ti]([CH3])([CH3])[NH]C(C)(C)C)C1.[SiH4]. The molecule has 1 aliphatic rings. The van der Waals surface area contributed by atoms with Crippen LogP contribution in [0.4, 0.5) is 0 Å². The third-order valence-electron chi connectivity index (χ3n) is 5.69. The van der Waals surface area contributed by atoms with E-state index in [1.54, 1.807) is 9.45 Å².